The molecular formula is C28H38N6O5S. The summed E-state index contributed by atoms with van der Waals surface area (Å²) in [7, 11) is -2.34. The van der Waals surface area contributed by atoms with Crippen LogP contribution in [0.1, 0.15) is 64.3 Å². The van der Waals surface area contributed by atoms with E-state index in [1.54, 1.807) is 30.5 Å². The van der Waals surface area contributed by atoms with Crippen LogP contribution < -0.4 is 5.32 Å². The van der Waals surface area contributed by atoms with Gasteiger partial charge in [-0.1, -0.05) is 25.5 Å². The number of aliphatic hydroxyl groups excluding tert-OH is 1. The minimum Gasteiger partial charge on any atom is -0.469 e. The highest BCUT2D eigenvalue weighted by molar-refractivity contribution is 7.89. The molecule has 5 rings (SSSR count). The fourth-order valence-electron chi connectivity index (χ4n) is 5.59. The molecule has 0 unspecified atom stereocenters. The van der Waals surface area contributed by atoms with Gasteiger partial charge in [-0.25, -0.2) is 18.1 Å². The van der Waals surface area contributed by atoms with Gasteiger partial charge in [0.15, 0.2) is 5.65 Å². The van der Waals surface area contributed by atoms with Crippen LogP contribution in [0.3, 0.4) is 0 Å². The van der Waals surface area contributed by atoms with Crippen molar-refractivity contribution in [1.29, 1.82) is 0 Å². The third kappa shape index (κ3) is 5.84. The predicted octanol–water partition coefficient (Wildman–Crippen LogP) is 3.76. The summed E-state index contributed by atoms with van der Waals surface area (Å²) >= 11 is 0. The zero-order valence-electron chi connectivity index (χ0n) is 23.1. The first-order chi connectivity index (χ1) is 19.3. The fourth-order valence-corrected chi connectivity index (χ4v) is 7.06. The average molecular weight is 571 g/mol. The molecule has 216 valence electrons. The standard InChI is InChI=1S/C28H38N6O5S/c1-3-4-15-29-28-30-18-24-25(32-34(26(24)31-28)21-7-9-22(35)10-8-21)19-5-11-23(12-6-19)40(37,38)33-16-13-20(14-17-33)27(36)39-2/h5-6,11-12,18,20-22,35H,3-4,7-10,13-17H2,1-2H3,(H,29,30,31). The summed E-state index contributed by atoms with van der Waals surface area (Å²) < 4.78 is 34.8. The number of esters is 1. The zero-order chi connectivity index (χ0) is 28.3. The van der Waals surface area contributed by atoms with Crippen molar-refractivity contribution in [3.8, 4) is 11.3 Å². The number of carbonyl (C=O) groups is 1. The number of nitrogens with one attached hydrogen (secondary N) is 1. The Morgan fingerprint density at radius 3 is 2.45 bits per heavy atom. The van der Waals surface area contributed by atoms with Crippen molar-refractivity contribution in [2.24, 2.45) is 5.92 Å². The third-order valence-electron chi connectivity index (χ3n) is 8.03. The summed E-state index contributed by atoms with van der Waals surface area (Å²) in [6, 6.07) is 6.89. The maximum atomic E-state index is 13.3. The molecule has 1 aromatic carbocycles. The van der Waals surface area contributed by atoms with Gasteiger partial charge in [0.2, 0.25) is 16.0 Å². The summed E-state index contributed by atoms with van der Waals surface area (Å²) in [4.78, 5) is 21.4. The number of benzene rings is 1. The van der Waals surface area contributed by atoms with E-state index in [-0.39, 0.29) is 42.0 Å². The Morgan fingerprint density at radius 1 is 1.10 bits per heavy atom. The molecule has 0 amide bonds. The SMILES string of the molecule is CCCCNc1ncc2c(-c3ccc(S(=O)(=O)N4CCC(C(=O)OC)CC4)cc3)nn(C3CCC(O)CC3)c2n1. The number of hydrogen-bond donors (Lipinski definition) is 2. The smallest absolute Gasteiger partial charge is 0.308 e. The first kappa shape index (κ1) is 28.4. The minimum absolute atomic E-state index is 0.116. The molecule has 0 radical (unpaired) electrons. The third-order valence-corrected chi connectivity index (χ3v) is 9.94. The molecule has 1 aliphatic carbocycles. The molecule has 2 aromatic heterocycles. The molecule has 1 saturated heterocycles. The van der Waals surface area contributed by atoms with E-state index < -0.39 is 10.0 Å². The van der Waals surface area contributed by atoms with Gasteiger partial charge in [0.1, 0.15) is 5.69 Å². The first-order valence-corrected chi connectivity index (χ1v) is 15.6. The number of rotatable bonds is 9. The van der Waals surface area contributed by atoms with Crippen molar-refractivity contribution < 1.29 is 23.1 Å². The lowest BCUT2D eigenvalue weighted by molar-refractivity contribution is -0.146. The van der Waals surface area contributed by atoms with Crippen molar-refractivity contribution in [1.82, 2.24) is 24.1 Å². The van der Waals surface area contributed by atoms with E-state index in [1.165, 1.54) is 11.4 Å². The number of sulfonamides is 1. The van der Waals surface area contributed by atoms with Crippen LogP contribution in [0, 0.1) is 5.92 Å². The average Bonchev–Trinajstić information content (AvgIpc) is 3.36. The topological polar surface area (TPSA) is 140 Å². The quantitative estimate of drug-likeness (QED) is 0.291. The number of hydrogen-bond acceptors (Lipinski definition) is 9. The number of unbranched alkanes of at least 4 members (excludes halogenated alkanes) is 1. The Hall–Kier alpha value is -3.09. The first-order valence-electron chi connectivity index (χ1n) is 14.2. The van der Waals surface area contributed by atoms with Crippen LogP contribution in [-0.4, -0.2) is 76.4 Å². The summed E-state index contributed by atoms with van der Waals surface area (Å²) in [5.74, 6) is 0.00596. The normalized spacial score (nSPS) is 21.0. The van der Waals surface area contributed by atoms with Gasteiger partial charge < -0.3 is 15.2 Å². The van der Waals surface area contributed by atoms with E-state index in [1.807, 2.05) is 4.68 Å². The van der Waals surface area contributed by atoms with Crippen LogP contribution in [0.5, 0.6) is 0 Å². The zero-order valence-corrected chi connectivity index (χ0v) is 23.9. The number of aliphatic hydroxyl groups is 1. The number of fused-ring (bicyclic) bond motifs is 1. The summed E-state index contributed by atoms with van der Waals surface area (Å²) in [6.45, 7) is 3.48. The van der Waals surface area contributed by atoms with Crippen LogP contribution >= 0.6 is 0 Å². The highest BCUT2D eigenvalue weighted by Gasteiger charge is 2.33. The summed E-state index contributed by atoms with van der Waals surface area (Å²) in [6.07, 6.45) is 7.54. The summed E-state index contributed by atoms with van der Waals surface area (Å²) in [5.41, 5.74) is 2.21. The lowest BCUT2D eigenvalue weighted by Gasteiger charge is -2.29. The van der Waals surface area contributed by atoms with Crippen molar-refractivity contribution >= 4 is 33.0 Å². The largest absolute Gasteiger partial charge is 0.469 e. The highest BCUT2D eigenvalue weighted by atomic mass is 32.2. The van der Waals surface area contributed by atoms with E-state index in [4.69, 9.17) is 14.8 Å². The summed E-state index contributed by atoms with van der Waals surface area (Å²) in [5, 5.41) is 19.1. The number of carbonyl (C=O) groups excluding carboxylic acids is 1. The number of aromatic nitrogens is 4. The molecule has 1 aliphatic heterocycles. The van der Waals surface area contributed by atoms with Gasteiger partial charge in [-0.15, -0.1) is 0 Å². The Bertz CT molecular complexity index is 1430. The van der Waals surface area contributed by atoms with E-state index in [0.29, 0.717) is 24.5 Å². The van der Waals surface area contributed by atoms with Crippen molar-refractivity contribution in [2.75, 3.05) is 32.1 Å². The van der Waals surface area contributed by atoms with Crippen molar-refractivity contribution in [2.45, 2.75) is 75.3 Å². The Morgan fingerprint density at radius 2 is 1.80 bits per heavy atom. The van der Waals surface area contributed by atoms with Gasteiger partial charge in [-0.3, -0.25) is 4.79 Å². The molecule has 3 aromatic rings. The predicted molar refractivity (Wildman–Crippen MR) is 151 cm³/mol. The molecule has 2 N–H and O–H groups in total. The van der Waals surface area contributed by atoms with Crippen molar-refractivity contribution in [3.63, 3.8) is 0 Å². The van der Waals surface area contributed by atoms with Crippen LogP contribution in [-0.2, 0) is 19.6 Å². The van der Waals surface area contributed by atoms with Gasteiger partial charge in [0.25, 0.3) is 0 Å². The fraction of sp³-hybridized carbons (Fsp3) is 0.571. The van der Waals surface area contributed by atoms with Crippen LogP contribution in [0.4, 0.5) is 5.95 Å². The van der Waals surface area contributed by atoms with Crippen LogP contribution in [0.15, 0.2) is 35.4 Å². The number of ether oxygens (including phenoxy) is 1. The monoisotopic (exact) mass is 570 g/mol. The Labute approximate surface area is 235 Å². The molecular weight excluding hydrogens is 532 g/mol. The molecule has 2 fully saturated rings. The maximum Gasteiger partial charge on any atom is 0.308 e. The Balaban J connectivity index is 1.42. The maximum absolute atomic E-state index is 13.3. The molecule has 11 nitrogen and oxygen atoms in total. The van der Waals surface area contributed by atoms with Crippen LogP contribution in [0.25, 0.3) is 22.3 Å². The molecule has 1 saturated carbocycles. The molecule has 40 heavy (non-hydrogen) atoms. The van der Waals surface area contributed by atoms with E-state index in [9.17, 15) is 18.3 Å². The minimum atomic E-state index is -3.69. The van der Waals surface area contributed by atoms with Gasteiger partial charge in [-0.2, -0.15) is 14.4 Å². The van der Waals surface area contributed by atoms with Gasteiger partial charge in [-0.05, 0) is 57.1 Å². The van der Waals surface area contributed by atoms with Gasteiger partial charge in [0.05, 0.1) is 35.5 Å². The number of nitrogens with zero attached hydrogens (tertiary/aromatic N) is 5. The lowest BCUT2D eigenvalue weighted by atomic mass is 9.93. The molecule has 3 heterocycles. The molecule has 12 heteroatoms. The second-order valence-corrected chi connectivity index (χ2v) is 12.6. The van der Waals surface area contributed by atoms with E-state index in [2.05, 4.69) is 17.2 Å². The second-order valence-electron chi connectivity index (χ2n) is 10.7. The van der Waals surface area contributed by atoms with Crippen LogP contribution in [0.2, 0.25) is 0 Å². The molecule has 0 atom stereocenters. The highest BCUT2D eigenvalue weighted by Crippen LogP contribution is 2.35. The number of anilines is 1. The molecule has 2 aliphatic rings. The van der Waals surface area contributed by atoms with Gasteiger partial charge in [0, 0.05) is 31.4 Å². The van der Waals surface area contributed by atoms with Gasteiger partial charge >= 0.3 is 5.97 Å². The molecule has 0 bridgehead atoms. The molecule has 0 spiro atoms. The second kappa shape index (κ2) is 12.2. The van der Waals surface area contributed by atoms with Crippen molar-refractivity contribution in [3.05, 3.63) is 30.5 Å². The number of piperidine rings is 1. The van der Waals surface area contributed by atoms with E-state index in [0.717, 1.165) is 61.7 Å². The Kier molecular flexibility index (Phi) is 8.67. The number of methoxy groups -OCH3 is 1. The van der Waals surface area contributed by atoms with E-state index >= 15 is 0 Å². The lowest BCUT2D eigenvalue weighted by Crippen LogP contribution is -2.40.